The van der Waals surface area contributed by atoms with E-state index in [-0.39, 0.29) is 34.8 Å². The maximum Gasteiger partial charge on any atom is 0.255 e. The number of sulfonamides is 1. The van der Waals surface area contributed by atoms with Gasteiger partial charge in [-0.2, -0.15) is 4.31 Å². The zero-order chi connectivity index (χ0) is 19.3. The summed E-state index contributed by atoms with van der Waals surface area (Å²) in [6.07, 6.45) is 5.77. The Morgan fingerprint density at radius 1 is 1.18 bits per heavy atom. The van der Waals surface area contributed by atoms with Gasteiger partial charge in [0, 0.05) is 25.7 Å². The van der Waals surface area contributed by atoms with Gasteiger partial charge in [0.1, 0.15) is 5.75 Å². The minimum atomic E-state index is -3.61. The number of carbonyl (C=O) groups is 1. The van der Waals surface area contributed by atoms with E-state index in [1.54, 1.807) is 6.07 Å². The molecule has 0 unspecified atom stereocenters. The Hall–Kier alpha value is -1.35. The highest BCUT2D eigenvalue weighted by Gasteiger charge is 2.27. The number of rotatable bonds is 5. The lowest BCUT2D eigenvalue weighted by molar-refractivity contribution is 0.0927. The van der Waals surface area contributed by atoms with Crippen LogP contribution in [0.3, 0.4) is 0 Å². The van der Waals surface area contributed by atoms with Crippen LogP contribution in [-0.4, -0.2) is 58.0 Å². The second-order valence-electron chi connectivity index (χ2n) is 7.20. The molecule has 2 fully saturated rings. The third kappa shape index (κ3) is 5.37. The molecule has 0 aromatic heterocycles. The van der Waals surface area contributed by atoms with E-state index in [0.717, 1.165) is 51.6 Å². The number of carbonyl (C=O) groups excluding carboxylic acids is 1. The minimum Gasteiger partial charge on any atom is -0.496 e. The molecule has 1 atom stereocenters. The van der Waals surface area contributed by atoms with Crippen LogP contribution < -0.4 is 15.4 Å². The molecule has 0 spiro atoms. The fourth-order valence-electron chi connectivity index (χ4n) is 3.69. The largest absolute Gasteiger partial charge is 0.496 e. The van der Waals surface area contributed by atoms with Crippen molar-refractivity contribution in [3.63, 3.8) is 0 Å². The highest BCUT2D eigenvalue weighted by Crippen LogP contribution is 2.26. The Labute approximate surface area is 173 Å². The number of amides is 1. The molecule has 2 heterocycles. The fourth-order valence-corrected chi connectivity index (χ4v) is 5.24. The number of methoxy groups -OCH3 is 1. The zero-order valence-electron chi connectivity index (χ0n) is 16.3. The molecule has 28 heavy (non-hydrogen) atoms. The first kappa shape index (κ1) is 22.9. The molecule has 1 aromatic carbocycles. The van der Waals surface area contributed by atoms with Gasteiger partial charge in [0.05, 0.1) is 17.6 Å². The number of hydrogen-bond acceptors (Lipinski definition) is 5. The van der Waals surface area contributed by atoms with Gasteiger partial charge in [-0.1, -0.05) is 12.8 Å². The van der Waals surface area contributed by atoms with Gasteiger partial charge in [0.15, 0.2) is 0 Å². The highest BCUT2D eigenvalue weighted by molar-refractivity contribution is 7.89. The normalized spacial score (nSPS) is 21.2. The topological polar surface area (TPSA) is 87.7 Å². The minimum absolute atomic E-state index is 0. The summed E-state index contributed by atoms with van der Waals surface area (Å²) >= 11 is 0. The van der Waals surface area contributed by atoms with Crippen LogP contribution in [0.2, 0.25) is 0 Å². The van der Waals surface area contributed by atoms with Gasteiger partial charge in [-0.3, -0.25) is 4.79 Å². The van der Waals surface area contributed by atoms with Crippen LogP contribution in [0.25, 0.3) is 0 Å². The number of ether oxygens (including phenoxy) is 1. The summed E-state index contributed by atoms with van der Waals surface area (Å²) in [5.41, 5.74) is 0.263. The maximum atomic E-state index is 13.0. The number of nitrogens with one attached hydrogen (secondary N) is 2. The molecule has 1 aromatic rings. The van der Waals surface area contributed by atoms with Crippen molar-refractivity contribution in [2.45, 2.75) is 49.5 Å². The third-order valence-electron chi connectivity index (χ3n) is 5.25. The predicted molar refractivity (Wildman–Crippen MR) is 111 cm³/mol. The van der Waals surface area contributed by atoms with Crippen LogP contribution in [0.4, 0.5) is 0 Å². The van der Waals surface area contributed by atoms with Gasteiger partial charge in [-0.25, -0.2) is 8.42 Å². The van der Waals surface area contributed by atoms with Crippen LogP contribution >= 0.6 is 12.4 Å². The summed E-state index contributed by atoms with van der Waals surface area (Å²) in [6.45, 7) is 2.74. The van der Waals surface area contributed by atoms with Crippen molar-refractivity contribution < 1.29 is 17.9 Å². The molecule has 9 heteroatoms. The van der Waals surface area contributed by atoms with Gasteiger partial charge in [0.2, 0.25) is 10.0 Å². The van der Waals surface area contributed by atoms with Gasteiger partial charge >= 0.3 is 0 Å². The molecular weight excluding hydrogens is 402 g/mol. The van der Waals surface area contributed by atoms with E-state index in [4.69, 9.17) is 4.74 Å². The Kier molecular flexibility index (Phi) is 8.55. The summed E-state index contributed by atoms with van der Waals surface area (Å²) in [5, 5.41) is 6.24. The second kappa shape index (κ2) is 10.4. The molecule has 0 saturated carbocycles. The van der Waals surface area contributed by atoms with Crippen molar-refractivity contribution in [1.29, 1.82) is 0 Å². The molecule has 2 saturated heterocycles. The lowest BCUT2D eigenvalue weighted by atomic mass is 10.1. The van der Waals surface area contributed by atoms with Crippen molar-refractivity contribution in [3.8, 4) is 5.75 Å². The average Bonchev–Trinajstić information content (AvgIpc) is 2.98. The first-order valence-electron chi connectivity index (χ1n) is 9.72. The molecule has 1 amide bonds. The Balaban J connectivity index is 0.00000280. The third-order valence-corrected chi connectivity index (χ3v) is 7.15. The Morgan fingerprint density at radius 2 is 1.89 bits per heavy atom. The van der Waals surface area contributed by atoms with E-state index in [9.17, 15) is 13.2 Å². The molecule has 0 aliphatic carbocycles. The van der Waals surface area contributed by atoms with Crippen LogP contribution in [0.1, 0.15) is 48.9 Å². The van der Waals surface area contributed by atoms with E-state index in [2.05, 4.69) is 10.6 Å². The first-order chi connectivity index (χ1) is 13.0. The monoisotopic (exact) mass is 431 g/mol. The number of hydrogen-bond donors (Lipinski definition) is 2. The molecule has 2 N–H and O–H groups in total. The number of nitrogens with zero attached hydrogens (tertiary/aromatic N) is 1. The fraction of sp³-hybridized carbons (Fsp3) is 0.632. The Bertz CT molecular complexity index is 758. The van der Waals surface area contributed by atoms with Gasteiger partial charge in [-0.15, -0.1) is 12.4 Å². The van der Waals surface area contributed by atoms with Crippen molar-refractivity contribution >= 4 is 28.3 Å². The van der Waals surface area contributed by atoms with Crippen LogP contribution in [-0.2, 0) is 10.0 Å². The number of benzene rings is 1. The van der Waals surface area contributed by atoms with Crippen LogP contribution in [0, 0.1) is 0 Å². The SMILES string of the molecule is COc1ccc(S(=O)(=O)N2CCCCCC2)cc1C(=O)N[C@H]1CCCNC1.Cl. The Morgan fingerprint density at radius 3 is 2.50 bits per heavy atom. The molecule has 2 aliphatic rings. The van der Waals surface area contributed by atoms with E-state index in [0.29, 0.717) is 18.8 Å². The molecule has 158 valence electrons. The first-order valence-corrected chi connectivity index (χ1v) is 11.2. The van der Waals surface area contributed by atoms with Gasteiger partial charge in [-0.05, 0) is 50.4 Å². The van der Waals surface area contributed by atoms with E-state index >= 15 is 0 Å². The summed E-state index contributed by atoms with van der Waals surface area (Å²) in [6, 6.07) is 4.59. The van der Waals surface area contributed by atoms with Crippen molar-refractivity contribution in [2.24, 2.45) is 0 Å². The highest BCUT2D eigenvalue weighted by atomic mass is 35.5. The van der Waals surface area contributed by atoms with E-state index < -0.39 is 10.0 Å². The van der Waals surface area contributed by atoms with Gasteiger partial charge in [0.25, 0.3) is 5.91 Å². The molecule has 2 aliphatic heterocycles. The van der Waals surface area contributed by atoms with Gasteiger partial charge < -0.3 is 15.4 Å². The second-order valence-corrected chi connectivity index (χ2v) is 9.14. The summed E-state index contributed by atoms with van der Waals surface area (Å²) in [7, 11) is -2.13. The summed E-state index contributed by atoms with van der Waals surface area (Å²) < 4.78 is 32.9. The van der Waals surface area contributed by atoms with Crippen LogP contribution in [0.5, 0.6) is 5.75 Å². The quantitative estimate of drug-likeness (QED) is 0.745. The van der Waals surface area contributed by atoms with Crippen molar-refractivity contribution in [1.82, 2.24) is 14.9 Å². The molecule has 0 radical (unpaired) electrons. The van der Waals surface area contributed by atoms with E-state index in [1.807, 2.05) is 0 Å². The van der Waals surface area contributed by atoms with Crippen LogP contribution in [0.15, 0.2) is 23.1 Å². The maximum absolute atomic E-state index is 13.0. The van der Waals surface area contributed by atoms with E-state index in [1.165, 1.54) is 23.5 Å². The number of piperidine rings is 1. The molecular formula is C19H30ClN3O4S. The lowest BCUT2D eigenvalue weighted by Gasteiger charge is -2.24. The zero-order valence-corrected chi connectivity index (χ0v) is 17.9. The lowest BCUT2D eigenvalue weighted by Crippen LogP contribution is -2.45. The number of halogens is 1. The standard InChI is InChI=1S/C19H29N3O4S.ClH/c1-26-18-9-8-16(27(24,25)22-11-4-2-3-5-12-22)13-17(18)19(23)21-15-7-6-10-20-14-15;/h8-9,13,15,20H,2-7,10-12,14H2,1H3,(H,21,23);1H/t15-;/m0./s1. The molecule has 0 bridgehead atoms. The predicted octanol–water partition coefficient (Wildman–Crippen LogP) is 2.16. The average molecular weight is 432 g/mol. The summed E-state index contributed by atoms with van der Waals surface area (Å²) in [5.74, 6) is 0.0829. The van der Waals surface area contributed by atoms with Crippen molar-refractivity contribution in [3.05, 3.63) is 23.8 Å². The smallest absolute Gasteiger partial charge is 0.255 e. The van der Waals surface area contributed by atoms with Crippen molar-refractivity contribution in [2.75, 3.05) is 33.3 Å². The molecule has 7 nitrogen and oxygen atoms in total. The summed E-state index contributed by atoms with van der Waals surface area (Å²) in [4.78, 5) is 12.9. The molecule has 3 rings (SSSR count).